The Kier molecular flexibility index (Phi) is 2.60. The molecule has 3 nitrogen and oxygen atoms in total. The first-order valence-corrected chi connectivity index (χ1v) is 5.74. The highest BCUT2D eigenvalue weighted by molar-refractivity contribution is 7.09. The summed E-state index contributed by atoms with van der Waals surface area (Å²) in [6, 6.07) is 0. The first-order valence-electron chi connectivity index (χ1n) is 4.86. The van der Waals surface area contributed by atoms with Crippen molar-refractivity contribution in [2.75, 3.05) is 0 Å². The van der Waals surface area contributed by atoms with Crippen LogP contribution in [0.5, 0.6) is 0 Å². The third kappa shape index (κ3) is 1.82. The van der Waals surface area contributed by atoms with Crippen LogP contribution in [-0.4, -0.2) is 27.9 Å². The summed E-state index contributed by atoms with van der Waals surface area (Å²) in [7, 11) is 0. The molecule has 0 aliphatic carbocycles. The second-order valence-corrected chi connectivity index (χ2v) is 4.98. The lowest BCUT2D eigenvalue weighted by molar-refractivity contribution is -0.0347. The summed E-state index contributed by atoms with van der Waals surface area (Å²) in [6.45, 7) is 3.92. The average Bonchev–Trinajstić information content (AvgIpc) is 2.62. The zero-order chi connectivity index (χ0) is 10.2. The lowest BCUT2D eigenvalue weighted by Gasteiger charge is -2.24. The summed E-state index contributed by atoms with van der Waals surface area (Å²) in [4.78, 5) is 4.19. The van der Waals surface area contributed by atoms with Gasteiger partial charge in [0, 0.05) is 24.4 Å². The molecular formula is C10H15NO2S. The largest absolute Gasteiger partial charge is 0.387 e. The van der Waals surface area contributed by atoms with Crippen LogP contribution in [-0.2, 0) is 11.2 Å². The molecule has 0 saturated carbocycles. The number of aliphatic hydroxyl groups is 1. The second kappa shape index (κ2) is 3.61. The third-order valence-electron chi connectivity index (χ3n) is 2.77. The second-order valence-electron chi connectivity index (χ2n) is 4.00. The van der Waals surface area contributed by atoms with Gasteiger partial charge in [0.05, 0.1) is 22.8 Å². The van der Waals surface area contributed by atoms with Gasteiger partial charge in [0.2, 0.25) is 0 Å². The minimum atomic E-state index is -0.725. The van der Waals surface area contributed by atoms with Gasteiger partial charge in [-0.3, -0.25) is 0 Å². The van der Waals surface area contributed by atoms with Gasteiger partial charge < -0.3 is 9.84 Å². The van der Waals surface area contributed by atoms with Crippen molar-refractivity contribution < 1.29 is 9.84 Å². The van der Waals surface area contributed by atoms with Crippen LogP contribution in [0.25, 0.3) is 0 Å². The van der Waals surface area contributed by atoms with Crippen molar-refractivity contribution in [2.45, 2.75) is 44.5 Å². The van der Waals surface area contributed by atoms with Gasteiger partial charge in [0.15, 0.2) is 0 Å². The molecule has 1 N–H and O–H groups in total. The first-order chi connectivity index (χ1) is 6.60. The lowest BCUT2D eigenvalue weighted by Crippen LogP contribution is -2.38. The van der Waals surface area contributed by atoms with E-state index in [0.29, 0.717) is 12.8 Å². The zero-order valence-electron chi connectivity index (χ0n) is 8.43. The molecule has 0 bridgehead atoms. The molecular weight excluding hydrogens is 198 g/mol. The number of nitrogens with zero attached hydrogens (tertiary/aromatic N) is 1. The molecule has 1 saturated heterocycles. The van der Waals surface area contributed by atoms with E-state index < -0.39 is 5.60 Å². The Morgan fingerprint density at radius 3 is 3.00 bits per heavy atom. The van der Waals surface area contributed by atoms with Crippen LogP contribution in [0.15, 0.2) is 11.6 Å². The van der Waals surface area contributed by atoms with Gasteiger partial charge in [-0.15, -0.1) is 11.3 Å². The number of rotatable bonds is 2. The van der Waals surface area contributed by atoms with Crippen molar-refractivity contribution in [3.63, 3.8) is 0 Å². The van der Waals surface area contributed by atoms with E-state index >= 15 is 0 Å². The van der Waals surface area contributed by atoms with Crippen molar-refractivity contribution in [3.05, 3.63) is 16.6 Å². The van der Waals surface area contributed by atoms with E-state index in [0.717, 1.165) is 5.01 Å². The molecule has 3 atom stereocenters. The molecule has 0 spiro atoms. The van der Waals surface area contributed by atoms with E-state index in [1.807, 2.05) is 19.2 Å². The van der Waals surface area contributed by atoms with E-state index in [1.54, 1.807) is 17.5 Å². The van der Waals surface area contributed by atoms with Crippen molar-refractivity contribution in [1.29, 1.82) is 0 Å². The van der Waals surface area contributed by atoms with Crippen LogP contribution in [0.4, 0.5) is 0 Å². The highest BCUT2D eigenvalue weighted by Crippen LogP contribution is 2.33. The summed E-state index contributed by atoms with van der Waals surface area (Å²) in [5.74, 6) is 0. The minimum Gasteiger partial charge on any atom is -0.387 e. The minimum absolute atomic E-state index is 0.0959. The van der Waals surface area contributed by atoms with Gasteiger partial charge in [-0.25, -0.2) is 4.98 Å². The summed E-state index contributed by atoms with van der Waals surface area (Å²) < 4.78 is 5.55. The highest BCUT2D eigenvalue weighted by atomic mass is 32.1. The molecule has 0 amide bonds. The Balaban J connectivity index is 2.09. The van der Waals surface area contributed by atoms with Crippen molar-refractivity contribution in [3.8, 4) is 0 Å². The Labute approximate surface area is 87.7 Å². The van der Waals surface area contributed by atoms with Gasteiger partial charge in [-0.1, -0.05) is 0 Å². The van der Waals surface area contributed by atoms with Crippen molar-refractivity contribution >= 4 is 11.3 Å². The Bertz CT molecular complexity index is 301. The summed E-state index contributed by atoms with van der Waals surface area (Å²) >= 11 is 1.58. The summed E-state index contributed by atoms with van der Waals surface area (Å²) in [5.41, 5.74) is -0.725. The normalized spacial score (nSPS) is 37.6. The maximum absolute atomic E-state index is 10.3. The molecule has 78 valence electrons. The van der Waals surface area contributed by atoms with Crippen LogP contribution in [0, 0.1) is 0 Å². The van der Waals surface area contributed by atoms with Crippen LogP contribution in [0.3, 0.4) is 0 Å². The van der Waals surface area contributed by atoms with Gasteiger partial charge in [-0.2, -0.15) is 0 Å². The summed E-state index contributed by atoms with van der Waals surface area (Å²) in [5, 5.41) is 13.3. The van der Waals surface area contributed by atoms with Gasteiger partial charge in [-0.05, 0) is 13.8 Å². The van der Waals surface area contributed by atoms with E-state index in [1.165, 1.54) is 0 Å². The first kappa shape index (κ1) is 10.1. The van der Waals surface area contributed by atoms with Crippen LogP contribution in [0.2, 0.25) is 0 Å². The van der Waals surface area contributed by atoms with Gasteiger partial charge in [0.1, 0.15) is 0 Å². The molecule has 2 heterocycles. The number of ether oxygens (including phenoxy) is 1. The number of thiazole rings is 1. The average molecular weight is 213 g/mol. The molecule has 1 aromatic rings. The van der Waals surface area contributed by atoms with Crippen LogP contribution in [0.1, 0.15) is 25.3 Å². The molecule has 4 heteroatoms. The zero-order valence-corrected chi connectivity index (χ0v) is 9.25. The van der Waals surface area contributed by atoms with E-state index in [4.69, 9.17) is 4.74 Å². The standard InChI is InChI=1S/C10H15NO2S/c1-7-5-10(12,8(2)13-7)6-9-11-3-4-14-9/h3-4,7-8,12H,5-6H2,1-2H3. The molecule has 2 rings (SSSR count). The number of aromatic nitrogens is 1. The van der Waals surface area contributed by atoms with Gasteiger partial charge >= 0.3 is 0 Å². The SMILES string of the molecule is CC1CC(O)(Cc2nccs2)C(C)O1. The maximum Gasteiger partial charge on any atom is 0.0993 e. The fourth-order valence-electron chi connectivity index (χ4n) is 2.01. The molecule has 1 aliphatic rings. The predicted octanol–water partition coefficient (Wildman–Crippen LogP) is 1.61. The number of hydrogen-bond acceptors (Lipinski definition) is 4. The molecule has 14 heavy (non-hydrogen) atoms. The topological polar surface area (TPSA) is 42.4 Å². The van der Waals surface area contributed by atoms with E-state index in [-0.39, 0.29) is 12.2 Å². The monoisotopic (exact) mass is 213 g/mol. The smallest absolute Gasteiger partial charge is 0.0993 e. The Morgan fingerprint density at radius 1 is 1.71 bits per heavy atom. The Hall–Kier alpha value is -0.450. The molecule has 3 unspecified atom stereocenters. The van der Waals surface area contributed by atoms with E-state index in [2.05, 4.69) is 4.98 Å². The van der Waals surface area contributed by atoms with Crippen LogP contribution >= 0.6 is 11.3 Å². The highest BCUT2D eigenvalue weighted by Gasteiger charge is 2.43. The van der Waals surface area contributed by atoms with Crippen molar-refractivity contribution in [1.82, 2.24) is 4.98 Å². The van der Waals surface area contributed by atoms with Crippen molar-refractivity contribution in [2.24, 2.45) is 0 Å². The lowest BCUT2D eigenvalue weighted by atomic mass is 9.91. The molecule has 1 aromatic heterocycles. The fourth-order valence-corrected chi connectivity index (χ4v) is 2.74. The summed E-state index contributed by atoms with van der Waals surface area (Å²) in [6.07, 6.45) is 3.13. The molecule has 1 fully saturated rings. The maximum atomic E-state index is 10.3. The quantitative estimate of drug-likeness (QED) is 0.811. The predicted molar refractivity (Wildman–Crippen MR) is 55.4 cm³/mol. The third-order valence-corrected chi connectivity index (χ3v) is 3.55. The molecule has 0 radical (unpaired) electrons. The Morgan fingerprint density at radius 2 is 2.50 bits per heavy atom. The number of hydrogen-bond donors (Lipinski definition) is 1. The van der Waals surface area contributed by atoms with Crippen LogP contribution < -0.4 is 0 Å². The van der Waals surface area contributed by atoms with E-state index in [9.17, 15) is 5.11 Å². The molecule has 0 aromatic carbocycles. The van der Waals surface area contributed by atoms with Gasteiger partial charge in [0.25, 0.3) is 0 Å². The fraction of sp³-hybridized carbons (Fsp3) is 0.700. The molecule has 1 aliphatic heterocycles.